The summed E-state index contributed by atoms with van der Waals surface area (Å²) in [6.07, 6.45) is 1.60. The van der Waals surface area contributed by atoms with Crippen LogP contribution in [0.15, 0.2) is 24.3 Å². The molecule has 6 nitrogen and oxygen atoms in total. The van der Waals surface area contributed by atoms with Crippen molar-refractivity contribution in [2.75, 3.05) is 5.32 Å². The van der Waals surface area contributed by atoms with Gasteiger partial charge in [0.05, 0.1) is 0 Å². The zero-order valence-corrected chi connectivity index (χ0v) is 11.3. The van der Waals surface area contributed by atoms with Crippen LogP contribution in [0.4, 0.5) is 14.5 Å². The number of halogens is 2. The fourth-order valence-corrected chi connectivity index (χ4v) is 1.65. The first-order chi connectivity index (χ1) is 10.1. The summed E-state index contributed by atoms with van der Waals surface area (Å²) in [4.78, 5) is 15.9. The summed E-state index contributed by atoms with van der Waals surface area (Å²) in [5.41, 5.74) is 0.434. The van der Waals surface area contributed by atoms with Crippen LogP contribution in [0.25, 0.3) is 0 Å². The zero-order valence-electron chi connectivity index (χ0n) is 11.3. The molecule has 0 bridgehead atoms. The summed E-state index contributed by atoms with van der Waals surface area (Å²) in [6, 6.07) is 5.58. The number of nitrogens with one attached hydrogen (secondary N) is 2. The van der Waals surface area contributed by atoms with Crippen molar-refractivity contribution in [3.63, 3.8) is 0 Å². The normalized spacial score (nSPS) is 10.7. The van der Waals surface area contributed by atoms with Crippen LogP contribution in [0.2, 0.25) is 0 Å². The van der Waals surface area contributed by atoms with E-state index >= 15 is 0 Å². The molecule has 0 radical (unpaired) electrons. The lowest BCUT2D eigenvalue weighted by atomic mass is 10.3. The standard InChI is InChI=1S/C13H14F2N4O2/c1-2-3-10-17-11(19-18-10)12(20)16-8-4-6-9(7-5-8)21-13(14)15/h4-7,13H,2-3H2,1H3,(H,16,20)(H,17,18,19). The van der Waals surface area contributed by atoms with Gasteiger partial charge in [-0.15, -0.1) is 5.10 Å². The average Bonchev–Trinajstić information content (AvgIpc) is 2.89. The second kappa shape index (κ2) is 6.78. The number of hydrogen-bond acceptors (Lipinski definition) is 4. The lowest BCUT2D eigenvalue weighted by molar-refractivity contribution is -0.0498. The highest BCUT2D eigenvalue weighted by molar-refractivity contribution is 6.01. The van der Waals surface area contributed by atoms with E-state index in [0.717, 1.165) is 6.42 Å². The van der Waals surface area contributed by atoms with Crippen LogP contribution >= 0.6 is 0 Å². The number of benzene rings is 1. The van der Waals surface area contributed by atoms with Crippen LogP contribution in [-0.2, 0) is 6.42 Å². The summed E-state index contributed by atoms with van der Waals surface area (Å²) in [6.45, 7) is -0.888. The first-order valence-electron chi connectivity index (χ1n) is 6.36. The van der Waals surface area contributed by atoms with Crippen molar-refractivity contribution < 1.29 is 18.3 Å². The van der Waals surface area contributed by atoms with Gasteiger partial charge in [-0.25, -0.2) is 4.98 Å². The molecule has 112 valence electrons. The maximum atomic E-state index is 12.0. The molecule has 0 saturated heterocycles. The maximum Gasteiger partial charge on any atom is 0.387 e. The summed E-state index contributed by atoms with van der Waals surface area (Å²) >= 11 is 0. The Bertz CT molecular complexity index is 598. The van der Waals surface area contributed by atoms with Gasteiger partial charge in [0.1, 0.15) is 11.6 Å². The van der Waals surface area contributed by atoms with E-state index in [4.69, 9.17) is 0 Å². The molecule has 2 aromatic rings. The van der Waals surface area contributed by atoms with Gasteiger partial charge in [0.15, 0.2) is 0 Å². The summed E-state index contributed by atoms with van der Waals surface area (Å²) in [5, 5.41) is 9.06. The largest absolute Gasteiger partial charge is 0.435 e. The van der Waals surface area contributed by atoms with Crippen LogP contribution in [-0.4, -0.2) is 27.7 Å². The number of amides is 1. The highest BCUT2D eigenvalue weighted by Crippen LogP contribution is 2.18. The Balaban J connectivity index is 1.98. The van der Waals surface area contributed by atoms with Gasteiger partial charge in [-0.3, -0.25) is 9.89 Å². The number of rotatable bonds is 6. The number of anilines is 1. The molecule has 0 fully saturated rings. The SMILES string of the molecule is CCCc1nc(C(=O)Nc2ccc(OC(F)F)cc2)n[nH]1. The van der Waals surface area contributed by atoms with Crippen molar-refractivity contribution in [2.45, 2.75) is 26.4 Å². The molecule has 8 heteroatoms. The molecule has 0 aliphatic carbocycles. The van der Waals surface area contributed by atoms with E-state index < -0.39 is 12.5 Å². The van der Waals surface area contributed by atoms with Crippen LogP contribution < -0.4 is 10.1 Å². The summed E-state index contributed by atoms with van der Waals surface area (Å²) in [7, 11) is 0. The second-order valence-corrected chi connectivity index (χ2v) is 4.21. The van der Waals surface area contributed by atoms with Crippen molar-refractivity contribution >= 4 is 11.6 Å². The Morgan fingerprint density at radius 3 is 2.71 bits per heavy atom. The topological polar surface area (TPSA) is 79.9 Å². The van der Waals surface area contributed by atoms with Crippen LogP contribution in [0, 0.1) is 0 Å². The smallest absolute Gasteiger partial charge is 0.387 e. The Labute approximate surface area is 119 Å². The fraction of sp³-hybridized carbons (Fsp3) is 0.308. The van der Waals surface area contributed by atoms with Crippen LogP contribution in [0.1, 0.15) is 29.8 Å². The van der Waals surface area contributed by atoms with Crippen molar-refractivity contribution in [3.8, 4) is 5.75 Å². The quantitative estimate of drug-likeness (QED) is 0.858. The first kappa shape index (κ1) is 14.9. The highest BCUT2D eigenvalue weighted by Gasteiger charge is 2.12. The molecule has 0 aliphatic heterocycles. The molecule has 0 unspecified atom stereocenters. The number of aromatic amines is 1. The van der Waals surface area contributed by atoms with E-state index in [1.54, 1.807) is 0 Å². The number of alkyl halides is 2. The molecule has 0 atom stereocenters. The minimum Gasteiger partial charge on any atom is -0.435 e. The van der Waals surface area contributed by atoms with Gasteiger partial charge in [0.25, 0.3) is 5.91 Å². The second-order valence-electron chi connectivity index (χ2n) is 4.21. The Morgan fingerprint density at radius 1 is 1.38 bits per heavy atom. The van der Waals surface area contributed by atoms with Crippen LogP contribution in [0.5, 0.6) is 5.75 Å². The van der Waals surface area contributed by atoms with Gasteiger partial charge in [0, 0.05) is 12.1 Å². The van der Waals surface area contributed by atoms with Crippen molar-refractivity contribution in [2.24, 2.45) is 0 Å². The maximum absolute atomic E-state index is 12.0. The van der Waals surface area contributed by atoms with Crippen molar-refractivity contribution in [1.29, 1.82) is 0 Å². The number of carbonyl (C=O) groups excluding carboxylic acids is 1. The molecular formula is C13H14F2N4O2. The van der Waals surface area contributed by atoms with E-state index in [1.807, 2.05) is 6.92 Å². The number of H-pyrrole nitrogens is 1. The average molecular weight is 296 g/mol. The molecule has 1 amide bonds. The summed E-state index contributed by atoms with van der Waals surface area (Å²) < 4.78 is 28.2. The molecule has 2 rings (SSSR count). The monoisotopic (exact) mass is 296 g/mol. The number of hydrogen-bond donors (Lipinski definition) is 2. The minimum absolute atomic E-state index is 0.0196. The molecule has 0 spiro atoms. The Kier molecular flexibility index (Phi) is 4.81. The van der Waals surface area contributed by atoms with Gasteiger partial charge in [-0.2, -0.15) is 8.78 Å². The molecule has 1 heterocycles. The van der Waals surface area contributed by atoms with Gasteiger partial charge in [0.2, 0.25) is 5.82 Å². The molecule has 1 aromatic carbocycles. The predicted octanol–water partition coefficient (Wildman–Crippen LogP) is 2.61. The zero-order chi connectivity index (χ0) is 15.2. The van der Waals surface area contributed by atoms with Gasteiger partial charge in [-0.1, -0.05) is 6.92 Å². The lowest BCUT2D eigenvalue weighted by Gasteiger charge is -2.06. The van der Waals surface area contributed by atoms with Gasteiger partial charge >= 0.3 is 6.61 Å². The highest BCUT2D eigenvalue weighted by atomic mass is 19.3. The molecule has 0 aliphatic rings. The van der Waals surface area contributed by atoms with E-state index in [0.29, 0.717) is 17.9 Å². The summed E-state index contributed by atoms with van der Waals surface area (Å²) in [5.74, 6) is 0.219. The Morgan fingerprint density at radius 2 is 2.10 bits per heavy atom. The third-order valence-electron chi connectivity index (χ3n) is 2.56. The predicted molar refractivity (Wildman–Crippen MR) is 71.4 cm³/mol. The lowest BCUT2D eigenvalue weighted by Crippen LogP contribution is -2.13. The molecular weight excluding hydrogens is 282 g/mol. The van der Waals surface area contributed by atoms with Crippen molar-refractivity contribution in [1.82, 2.24) is 15.2 Å². The minimum atomic E-state index is -2.88. The Hall–Kier alpha value is -2.51. The van der Waals surface area contributed by atoms with E-state index in [1.165, 1.54) is 24.3 Å². The third-order valence-corrected chi connectivity index (χ3v) is 2.56. The third kappa shape index (κ3) is 4.23. The molecule has 2 N–H and O–H groups in total. The first-order valence-corrected chi connectivity index (χ1v) is 6.36. The fourth-order valence-electron chi connectivity index (χ4n) is 1.65. The van der Waals surface area contributed by atoms with E-state index in [2.05, 4.69) is 25.2 Å². The van der Waals surface area contributed by atoms with Gasteiger partial charge < -0.3 is 10.1 Å². The van der Waals surface area contributed by atoms with Gasteiger partial charge in [-0.05, 0) is 30.7 Å². The number of nitrogens with zero attached hydrogens (tertiary/aromatic N) is 2. The molecule has 1 aromatic heterocycles. The number of aromatic nitrogens is 3. The number of aryl methyl sites for hydroxylation is 1. The number of carbonyl (C=O) groups is 1. The van der Waals surface area contributed by atoms with Crippen molar-refractivity contribution in [3.05, 3.63) is 35.9 Å². The number of ether oxygens (including phenoxy) is 1. The van der Waals surface area contributed by atoms with Crippen LogP contribution in [0.3, 0.4) is 0 Å². The molecule has 21 heavy (non-hydrogen) atoms. The van der Waals surface area contributed by atoms with E-state index in [9.17, 15) is 13.6 Å². The van der Waals surface area contributed by atoms with E-state index in [-0.39, 0.29) is 11.6 Å². The molecule has 0 saturated carbocycles.